The fraction of sp³-hybridized carbons (Fsp3) is 0.391. The number of hydrogen-bond acceptors (Lipinski definition) is 4. The normalized spacial score (nSPS) is 12.7. The van der Waals surface area contributed by atoms with Crippen molar-refractivity contribution in [2.75, 3.05) is 23.7 Å². The zero-order chi connectivity index (χ0) is 26.4. The molecule has 192 valence electrons. The van der Waals surface area contributed by atoms with Crippen molar-refractivity contribution < 1.29 is 31.2 Å². The number of rotatable bonds is 10. The molecule has 2 aromatic rings. The smallest absolute Gasteiger partial charge is 0.355 e. The Morgan fingerprint density at radius 2 is 1.71 bits per heavy atom. The molecule has 0 bridgehead atoms. The molecule has 0 aliphatic rings. The van der Waals surface area contributed by atoms with Crippen molar-refractivity contribution in [3.63, 3.8) is 0 Å². The Bertz CT molecular complexity index is 1140. The summed E-state index contributed by atoms with van der Waals surface area (Å²) in [5.41, 5.74) is -0.906. The highest BCUT2D eigenvalue weighted by Gasteiger charge is 2.36. The lowest BCUT2D eigenvalue weighted by Crippen LogP contribution is -2.52. The Kier molecular flexibility index (Phi) is 9.56. The van der Waals surface area contributed by atoms with Crippen molar-refractivity contribution >= 4 is 39.1 Å². The third kappa shape index (κ3) is 7.60. The number of carbonyl (C=O) groups is 2. The van der Waals surface area contributed by atoms with E-state index in [1.807, 2.05) is 0 Å². The van der Waals surface area contributed by atoms with Gasteiger partial charge in [-0.1, -0.05) is 48.9 Å². The lowest BCUT2D eigenvalue weighted by molar-refractivity contribution is -0.140. The summed E-state index contributed by atoms with van der Waals surface area (Å²) in [4.78, 5) is 27.3. The second-order valence-corrected chi connectivity index (χ2v) is 10.1. The zero-order valence-corrected chi connectivity index (χ0v) is 21.0. The molecule has 2 rings (SSSR count). The third-order valence-corrected chi connectivity index (χ3v) is 6.63. The number of carbonyl (C=O) groups excluding carboxylic acids is 2. The SMILES string of the molecule is CCNC(=O)[C@@H](CC)N(Cc1ccccc1)C(=O)CN(c1ccc(Cl)c(C(F)(F)F)c1)S(C)(=O)=O. The molecule has 0 unspecified atom stereocenters. The van der Waals surface area contributed by atoms with Gasteiger partial charge in [0.1, 0.15) is 12.6 Å². The van der Waals surface area contributed by atoms with E-state index in [4.69, 9.17) is 11.6 Å². The van der Waals surface area contributed by atoms with Crippen LogP contribution in [0.2, 0.25) is 5.02 Å². The van der Waals surface area contributed by atoms with Gasteiger partial charge in [0.15, 0.2) is 0 Å². The monoisotopic (exact) mass is 533 g/mol. The van der Waals surface area contributed by atoms with E-state index in [-0.39, 0.29) is 18.7 Å². The molecule has 2 amide bonds. The Balaban J connectivity index is 2.50. The first-order chi connectivity index (χ1) is 16.3. The fourth-order valence-corrected chi connectivity index (χ4v) is 4.56. The van der Waals surface area contributed by atoms with Gasteiger partial charge in [0.25, 0.3) is 0 Å². The van der Waals surface area contributed by atoms with E-state index >= 15 is 0 Å². The van der Waals surface area contributed by atoms with Crippen LogP contribution in [0.4, 0.5) is 18.9 Å². The van der Waals surface area contributed by atoms with Crippen LogP contribution in [0.5, 0.6) is 0 Å². The highest BCUT2D eigenvalue weighted by molar-refractivity contribution is 7.92. The number of anilines is 1. The van der Waals surface area contributed by atoms with Crippen LogP contribution in [0, 0.1) is 0 Å². The van der Waals surface area contributed by atoms with E-state index in [2.05, 4.69) is 5.32 Å². The summed E-state index contributed by atoms with van der Waals surface area (Å²) in [7, 11) is -4.18. The molecule has 0 spiro atoms. The molecule has 0 aliphatic carbocycles. The summed E-state index contributed by atoms with van der Waals surface area (Å²) < 4.78 is 65.7. The Morgan fingerprint density at radius 3 is 2.23 bits per heavy atom. The molecule has 0 heterocycles. The Labute approximate surface area is 207 Å². The average Bonchev–Trinajstić information content (AvgIpc) is 2.77. The minimum absolute atomic E-state index is 0.00132. The van der Waals surface area contributed by atoms with E-state index < -0.39 is 51.2 Å². The second-order valence-electron chi connectivity index (χ2n) is 7.76. The molecule has 35 heavy (non-hydrogen) atoms. The molecule has 7 nitrogen and oxygen atoms in total. The zero-order valence-electron chi connectivity index (χ0n) is 19.5. The lowest BCUT2D eigenvalue weighted by atomic mass is 10.1. The van der Waals surface area contributed by atoms with Crippen molar-refractivity contribution in [3.8, 4) is 0 Å². The van der Waals surface area contributed by atoms with E-state index in [0.717, 1.165) is 18.4 Å². The van der Waals surface area contributed by atoms with Crippen molar-refractivity contribution in [2.24, 2.45) is 0 Å². The van der Waals surface area contributed by atoms with Gasteiger partial charge in [-0.25, -0.2) is 8.42 Å². The third-order valence-electron chi connectivity index (χ3n) is 5.16. The number of amides is 2. The number of hydrogen-bond donors (Lipinski definition) is 1. The van der Waals surface area contributed by atoms with Crippen molar-refractivity contribution in [1.29, 1.82) is 0 Å². The van der Waals surface area contributed by atoms with Crippen LogP contribution >= 0.6 is 11.6 Å². The van der Waals surface area contributed by atoms with Crippen LogP contribution in [0.25, 0.3) is 0 Å². The predicted octanol–water partition coefficient (Wildman–Crippen LogP) is 4.07. The van der Waals surface area contributed by atoms with Crippen LogP contribution in [0.1, 0.15) is 31.4 Å². The maximum Gasteiger partial charge on any atom is 0.417 e. The standard InChI is InChI=1S/C23H27ClF3N3O4S/c1-4-20(22(32)28-5-2)29(14-16-9-7-6-8-10-16)21(31)15-30(35(3,33)34)17-11-12-19(24)18(13-17)23(25,26)27/h6-13,20H,4-5,14-15H2,1-3H3,(H,28,32)/t20-/m1/s1. The highest BCUT2D eigenvalue weighted by Crippen LogP contribution is 2.37. The minimum atomic E-state index is -4.83. The van der Waals surface area contributed by atoms with Gasteiger partial charge >= 0.3 is 6.18 Å². The first-order valence-electron chi connectivity index (χ1n) is 10.7. The van der Waals surface area contributed by atoms with Gasteiger partial charge in [-0.05, 0) is 37.1 Å². The number of halogens is 4. The first-order valence-corrected chi connectivity index (χ1v) is 13.0. The molecule has 1 atom stereocenters. The van der Waals surface area contributed by atoms with Gasteiger partial charge in [0.2, 0.25) is 21.8 Å². The molecule has 1 N–H and O–H groups in total. The van der Waals surface area contributed by atoms with Crippen LogP contribution in [-0.4, -0.2) is 50.5 Å². The molecular formula is C23H27ClF3N3O4S. The summed E-state index contributed by atoms with van der Waals surface area (Å²) >= 11 is 5.66. The van der Waals surface area contributed by atoms with Gasteiger partial charge in [-0.3, -0.25) is 13.9 Å². The van der Waals surface area contributed by atoms with Gasteiger partial charge in [-0.2, -0.15) is 13.2 Å². The minimum Gasteiger partial charge on any atom is -0.355 e. The van der Waals surface area contributed by atoms with Crippen molar-refractivity contribution in [2.45, 2.75) is 39.0 Å². The fourth-order valence-electron chi connectivity index (χ4n) is 3.49. The molecule has 12 heteroatoms. The summed E-state index contributed by atoms with van der Waals surface area (Å²) in [6, 6.07) is 10.4. The summed E-state index contributed by atoms with van der Waals surface area (Å²) in [5.74, 6) is -1.17. The van der Waals surface area contributed by atoms with Crippen molar-refractivity contribution in [3.05, 3.63) is 64.7 Å². The molecule has 0 radical (unpaired) electrons. The number of benzene rings is 2. The number of likely N-dealkylation sites (N-methyl/N-ethyl adjacent to an activating group) is 1. The van der Waals surface area contributed by atoms with Gasteiger partial charge in [0, 0.05) is 13.1 Å². The molecule has 2 aromatic carbocycles. The largest absolute Gasteiger partial charge is 0.417 e. The molecule has 0 aromatic heterocycles. The molecule has 0 aliphatic heterocycles. The van der Waals surface area contributed by atoms with Crippen LogP contribution < -0.4 is 9.62 Å². The van der Waals surface area contributed by atoms with Crippen molar-refractivity contribution in [1.82, 2.24) is 10.2 Å². The van der Waals surface area contributed by atoms with Crippen LogP contribution in [-0.2, 0) is 32.3 Å². The quantitative estimate of drug-likeness (QED) is 0.499. The van der Waals surface area contributed by atoms with Gasteiger partial charge < -0.3 is 10.2 Å². The van der Waals surface area contributed by atoms with Gasteiger partial charge in [0.05, 0.1) is 22.5 Å². The number of nitrogens with one attached hydrogen (secondary N) is 1. The summed E-state index contributed by atoms with van der Waals surface area (Å²) in [6.07, 6.45) is -3.81. The number of sulfonamides is 1. The van der Waals surface area contributed by atoms with E-state index in [1.165, 1.54) is 4.90 Å². The van der Waals surface area contributed by atoms with Crippen LogP contribution in [0.15, 0.2) is 48.5 Å². The first kappa shape index (κ1) is 28.4. The summed E-state index contributed by atoms with van der Waals surface area (Å²) in [5, 5.41) is 2.06. The second kappa shape index (κ2) is 11.8. The average molecular weight is 534 g/mol. The van der Waals surface area contributed by atoms with E-state index in [0.29, 0.717) is 22.5 Å². The highest BCUT2D eigenvalue weighted by atomic mass is 35.5. The van der Waals surface area contributed by atoms with Crippen LogP contribution in [0.3, 0.4) is 0 Å². The summed E-state index contributed by atoms with van der Waals surface area (Å²) in [6.45, 7) is 2.94. The molecule has 0 saturated heterocycles. The number of nitrogens with zero attached hydrogens (tertiary/aromatic N) is 2. The maximum atomic E-state index is 13.4. The Hall–Kier alpha value is -2.79. The Morgan fingerprint density at radius 1 is 1.09 bits per heavy atom. The maximum absolute atomic E-state index is 13.4. The molecule has 0 saturated carbocycles. The van der Waals surface area contributed by atoms with E-state index in [9.17, 15) is 31.2 Å². The predicted molar refractivity (Wildman–Crippen MR) is 128 cm³/mol. The number of alkyl halides is 3. The van der Waals surface area contributed by atoms with E-state index in [1.54, 1.807) is 44.2 Å². The molecule has 0 fully saturated rings. The lowest BCUT2D eigenvalue weighted by Gasteiger charge is -2.33. The topological polar surface area (TPSA) is 86.8 Å². The molecular weight excluding hydrogens is 507 g/mol. The van der Waals surface area contributed by atoms with Gasteiger partial charge in [-0.15, -0.1) is 0 Å².